The van der Waals surface area contributed by atoms with Crippen LogP contribution in [0, 0.1) is 11.8 Å². The first-order chi connectivity index (χ1) is 16.8. The van der Waals surface area contributed by atoms with Gasteiger partial charge in [-0.15, -0.1) is 0 Å². The Bertz CT molecular complexity index is 611. The summed E-state index contributed by atoms with van der Waals surface area (Å²) >= 11 is 0. The Morgan fingerprint density at radius 1 is 0.806 bits per heavy atom. The smallest absolute Gasteiger partial charge is 0.415 e. The molecule has 0 saturated heterocycles. The van der Waals surface area contributed by atoms with Crippen LogP contribution < -0.4 is 0 Å². The van der Waals surface area contributed by atoms with Crippen LogP contribution in [-0.2, 0) is 13.6 Å². The first-order valence-electron chi connectivity index (χ1n) is 14.5. The van der Waals surface area contributed by atoms with Crippen molar-refractivity contribution in [2.75, 3.05) is 6.61 Å². The number of carbonyl (C=O) groups excluding carboxylic acids is 1. The molecule has 1 amide bonds. The molecule has 0 rings (SSSR count). The van der Waals surface area contributed by atoms with E-state index in [2.05, 4.69) is 48.5 Å². The molecule has 0 heterocycles. The van der Waals surface area contributed by atoms with Crippen molar-refractivity contribution in [1.82, 2.24) is 4.90 Å². The zero-order valence-electron chi connectivity index (χ0n) is 25.6. The number of nitrogens with zero attached hydrogens (tertiary/aromatic N) is 1. The largest absolute Gasteiger partial charge is 0.418 e. The van der Waals surface area contributed by atoms with Crippen molar-refractivity contribution >= 4 is 22.7 Å². The van der Waals surface area contributed by atoms with Gasteiger partial charge < -0.3 is 23.6 Å². The average Bonchev–Trinajstić information content (AvgIpc) is 2.85. The molecule has 0 radical (unpaired) electrons. The molecule has 4 atom stereocenters. The SMILES string of the molecule is CC[Si](CC)(CC)OC[C@@H](O[Si](CC)(CC)CC)[C@H](C)[C@H](O)[C@H](C)/C=C\OC(=O)N(C(C)C)C(C)C. The van der Waals surface area contributed by atoms with E-state index in [-0.39, 0.29) is 36.1 Å². The van der Waals surface area contributed by atoms with E-state index in [0.29, 0.717) is 6.61 Å². The number of ether oxygens (including phenoxy) is 1. The van der Waals surface area contributed by atoms with Crippen LogP contribution in [0.15, 0.2) is 12.3 Å². The summed E-state index contributed by atoms with van der Waals surface area (Å²) in [5.74, 6) is -0.311. The number of hydrogen-bond acceptors (Lipinski definition) is 5. The maximum atomic E-state index is 12.5. The second-order valence-corrected chi connectivity index (χ2v) is 20.5. The first-order valence-corrected chi connectivity index (χ1v) is 19.5. The molecule has 0 unspecified atom stereocenters. The van der Waals surface area contributed by atoms with Gasteiger partial charge in [-0.1, -0.05) is 55.4 Å². The fourth-order valence-corrected chi connectivity index (χ4v) is 10.6. The molecule has 36 heavy (non-hydrogen) atoms. The van der Waals surface area contributed by atoms with Gasteiger partial charge in [0.2, 0.25) is 0 Å². The van der Waals surface area contributed by atoms with E-state index < -0.39 is 22.7 Å². The molecule has 6 nitrogen and oxygen atoms in total. The van der Waals surface area contributed by atoms with E-state index in [1.807, 2.05) is 34.6 Å². The molecule has 0 saturated carbocycles. The average molecular weight is 546 g/mol. The summed E-state index contributed by atoms with van der Waals surface area (Å²) in [6.07, 6.45) is 2.05. The lowest BCUT2D eigenvalue weighted by atomic mass is 9.89. The quantitative estimate of drug-likeness (QED) is 0.141. The van der Waals surface area contributed by atoms with Crippen LogP contribution in [0.25, 0.3) is 0 Å². The van der Waals surface area contributed by atoms with Gasteiger partial charge in [-0.3, -0.25) is 0 Å². The van der Waals surface area contributed by atoms with Gasteiger partial charge in [-0.2, -0.15) is 0 Å². The summed E-state index contributed by atoms with van der Waals surface area (Å²) in [5.41, 5.74) is 0. The predicted molar refractivity (Wildman–Crippen MR) is 157 cm³/mol. The minimum atomic E-state index is -1.89. The third-order valence-electron chi connectivity index (χ3n) is 8.36. The Hall–Kier alpha value is -0.676. The molecule has 1 N–H and O–H groups in total. The molecule has 214 valence electrons. The van der Waals surface area contributed by atoms with E-state index in [1.165, 1.54) is 6.26 Å². The minimum absolute atomic E-state index is 0.0528. The highest BCUT2D eigenvalue weighted by atomic mass is 28.4. The normalized spacial score (nSPS) is 16.4. The van der Waals surface area contributed by atoms with Crippen LogP contribution in [0.2, 0.25) is 36.3 Å². The predicted octanol–water partition coefficient (Wildman–Crippen LogP) is 7.80. The molecule has 0 spiro atoms. The Morgan fingerprint density at radius 3 is 1.64 bits per heavy atom. The maximum absolute atomic E-state index is 12.5. The zero-order chi connectivity index (χ0) is 28.1. The molecule has 8 heteroatoms. The molecule has 0 aromatic heterocycles. The molecule has 0 aromatic rings. The molecule has 0 aliphatic rings. The monoisotopic (exact) mass is 545 g/mol. The lowest BCUT2D eigenvalue weighted by Crippen LogP contribution is -2.49. The van der Waals surface area contributed by atoms with Crippen molar-refractivity contribution in [2.45, 2.75) is 144 Å². The number of carbonyl (C=O) groups is 1. The summed E-state index contributed by atoms with van der Waals surface area (Å²) in [4.78, 5) is 14.2. The Labute approximate surface area is 225 Å². The van der Waals surface area contributed by atoms with E-state index in [0.717, 1.165) is 36.3 Å². The summed E-state index contributed by atoms with van der Waals surface area (Å²) < 4.78 is 19.0. The van der Waals surface area contributed by atoms with Gasteiger partial charge in [0, 0.05) is 23.9 Å². The van der Waals surface area contributed by atoms with E-state index >= 15 is 0 Å². The van der Waals surface area contributed by atoms with E-state index in [4.69, 9.17) is 13.6 Å². The van der Waals surface area contributed by atoms with E-state index in [9.17, 15) is 9.90 Å². The molecule has 0 bridgehead atoms. The molecule has 0 aromatic carbocycles. The van der Waals surface area contributed by atoms with Crippen LogP contribution in [0.3, 0.4) is 0 Å². The van der Waals surface area contributed by atoms with Crippen molar-refractivity contribution in [3.63, 3.8) is 0 Å². The fourth-order valence-electron chi connectivity index (χ4n) is 5.04. The summed E-state index contributed by atoms with van der Waals surface area (Å²) in [6, 6.07) is 6.57. The van der Waals surface area contributed by atoms with Crippen molar-refractivity contribution in [2.24, 2.45) is 11.8 Å². The number of aliphatic hydroxyl groups is 1. The van der Waals surface area contributed by atoms with Crippen molar-refractivity contribution < 1.29 is 23.5 Å². The number of aliphatic hydroxyl groups excluding tert-OH is 1. The summed E-state index contributed by atoms with van der Waals surface area (Å²) in [7, 11) is -3.67. The van der Waals surface area contributed by atoms with Crippen LogP contribution in [0.5, 0.6) is 0 Å². The molecular formula is C28H59NO5Si2. The molecular weight excluding hydrogens is 486 g/mol. The van der Waals surface area contributed by atoms with Gasteiger partial charge in [-0.05, 0) is 70.0 Å². The van der Waals surface area contributed by atoms with Crippen molar-refractivity contribution in [1.29, 1.82) is 0 Å². The lowest BCUT2D eigenvalue weighted by molar-refractivity contribution is -0.0110. The second kappa shape index (κ2) is 17.0. The summed E-state index contributed by atoms with van der Waals surface area (Å²) in [5, 5.41) is 11.3. The fraction of sp³-hybridized carbons (Fsp3) is 0.893. The van der Waals surface area contributed by atoms with Crippen LogP contribution >= 0.6 is 0 Å². The Balaban J connectivity index is 5.62. The van der Waals surface area contributed by atoms with Gasteiger partial charge >= 0.3 is 6.09 Å². The van der Waals surface area contributed by atoms with Gasteiger partial charge in [0.15, 0.2) is 16.6 Å². The second-order valence-electron chi connectivity index (χ2n) is 11.0. The third-order valence-corrected chi connectivity index (χ3v) is 17.7. The zero-order valence-corrected chi connectivity index (χ0v) is 27.6. The van der Waals surface area contributed by atoms with Gasteiger partial charge in [0.05, 0.1) is 25.1 Å². The highest BCUT2D eigenvalue weighted by Gasteiger charge is 2.38. The Morgan fingerprint density at radius 2 is 1.25 bits per heavy atom. The number of hydrogen-bond donors (Lipinski definition) is 1. The van der Waals surface area contributed by atoms with Crippen LogP contribution in [0.1, 0.15) is 83.1 Å². The molecule has 0 aliphatic heterocycles. The van der Waals surface area contributed by atoms with Gasteiger partial charge in [0.25, 0.3) is 0 Å². The van der Waals surface area contributed by atoms with Crippen LogP contribution in [0.4, 0.5) is 4.79 Å². The third kappa shape index (κ3) is 10.2. The molecule has 0 aliphatic carbocycles. The first kappa shape index (κ1) is 35.3. The summed E-state index contributed by atoms with van der Waals surface area (Å²) in [6.45, 7) is 25.9. The maximum Gasteiger partial charge on any atom is 0.415 e. The topological polar surface area (TPSA) is 68.2 Å². The highest BCUT2D eigenvalue weighted by Crippen LogP contribution is 2.30. The van der Waals surface area contributed by atoms with Gasteiger partial charge in [-0.25, -0.2) is 4.79 Å². The molecule has 0 fully saturated rings. The highest BCUT2D eigenvalue weighted by molar-refractivity contribution is 6.74. The number of rotatable bonds is 18. The van der Waals surface area contributed by atoms with Crippen molar-refractivity contribution in [3.05, 3.63) is 12.3 Å². The number of amides is 1. The minimum Gasteiger partial charge on any atom is -0.418 e. The van der Waals surface area contributed by atoms with Crippen LogP contribution in [-0.4, -0.2) is 63.6 Å². The Kier molecular flexibility index (Phi) is 16.7. The van der Waals surface area contributed by atoms with Crippen molar-refractivity contribution in [3.8, 4) is 0 Å². The standard InChI is InChI=1S/C28H59NO5Si2/c1-13-35(14-2,15-3)33-21-26(34-36(16-4,17-5)18-6)25(12)27(30)24(11)19-20-32-28(31)29(22(7)8)23(9)10/h19-20,22-27,30H,13-18,21H2,1-12H3/b20-19-/t24-,25+,26-,27-/m1/s1. The van der Waals surface area contributed by atoms with E-state index in [1.54, 1.807) is 11.0 Å². The lowest BCUT2D eigenvalue weighted by Gasteiger charge is -2.40. The van der Waals surface area contributed by atoms with Gasteiger partial charge in [0.1, 0.15) is 0 Å².